The molecule has 1 fully saturated rings. The standard InChI is InChI=1S/C25H42N2O/c1-4-6-7-8-9-12-22(5-2)14-17-27-18-15-23(16-19-27)25(28)26-24-13-10-11-21(3)20-24/h10-11,13,20,22-23H,4-9,12,14-19H2,1-3H3,(H,26,28). The Bertz CT molecular complexity index is 563. The maximum absolute atomic E-state index is 12.6. The van der Waals surface area contributed by atoms with E-state index in [0.717, 1.165) is 37.5 Å². The molecule has 1 unspecified atom stereocenters. The summed E-state index contributed by atoms with van der Waals surface area (Å²) in [5.74, 6) is 1.24. The van der Waals surface area contributed by atoms with Crippen molar-refractivity contribution in [2.75, 3.05) is 25.0 Å². The maximum Gasteiger partial charge on any atom is 0.227 e. The fourth-order valence-corrected chi connectivity index (χ4v) is 4.34. The van der Waals surface area contributed by atoms with Gasteiger partial charge in [0.15, 0.2) is 0 Å². The predicted molar refractivity (Wildman–Crippen MR) is 121 cm³/mol. The molecule has 3 nitrogen and oxygen atoms in total. The van der Waals surface area contributed by atoms with Gasteiger partial charge < -0.3 is 10.2 Å². The zero-order valence-corrected chi connectivity index (χ0v) is 18.5. The number of hydrogen-bond acceptors (Lipinski definition) is 2. The minimum atomic E-state index is 0.164. The number of benzene rings is 1. The number of carbonyl (C=O) groups excluding carboxylic acids is 1. The average molecular weight is 387 g/mol. The number of aryl methyl sites for hydroxylation is 1. The Kier molecular flexibility index (Phi) is 10.6. The number of piperidine rings is 1. The van der Waals surface area contributed by atoms with E-state index in [-0.39, 0.29) is 11.8 Å². The zero-order chi connectivity index (χ0) is 20.2. The molecule has 0 aromatic heterocycles. The van der Waals surface area contributed by atoms with E-state index in [1.165, 1.54) is 63.5 Å². The SMILES string of the molecule is CCCCCCCC(CC)CCN1CCC(C(=O)Nc2cccc(C)c2)CC1. The van der Waals surface area contributed by atoms with Crippen LogP contribution in [0.1, 0.15) is 83.6 Å². The second kappa shape index (κ2) is 13.0. The van der Waals surface area contributed by atoms with Gasteiger partial charge in [0.1, 0.15) is 0 Å². The number of nitrogens with one attached hydrogen (secondary N) is 1. The van der Waals surface area contributed by atoms with Gasteiger partial charge in [0.25, 0.3) is 0 Å². The fourth-order valence-electron chi connectivity index (χ4n) is 4.34. The molecule has 1 aromatic rings. The van der Waals surface area contributed by atoms with E-state index in [0.29, 0.717) is 0 Å². The summed E-state index contributed by atoms with van der Waals surface area (Å²) in [6.07, 6.45) is 13.0. The second-order valence-corrected chi connectivity index (χ2v) is 8.74. The van der Waals surface area contributed by atoms with Crippen molar-refractivity contribution in [1.29, 1.82) is 0 Å². The highest BCUT2D eigenvalue weighted by molar-refractivity contribution is 5.92. The Morgan fingerprint density at radius 2 is 1.86 bits per heavy atom. The maximum atomic E-state index is 12.6. The van der Waals surface area contributed by atoms with Gasteiger partial charge in [0.2, 0.25) is 5.91 Å². The normalized spacial score (nSPS) is 16.8. The third kappa shape index (κ3) is 8.34. The minimum absolute atomic E-state index is 0.164. The first-order chi connectivity index (χ1) is 13.6. The first kappa shape index (κ1) is 22.9. The molecule has 2 rings (SSSR count). The van der Waals surface area contributed by atoms with Crippen LogP contribution < -0.4 is 5.32 Å². The van der Waals surface area contributed by atoms with Crippen LogP contribution in [0.25, 0.3) is 0 Å². The third-order valence-electron chi connectivity index (χ3n) is 6.39. The minimum Gasteiger partial charge on any atom is -0.326 e. The van der Waals surface area contributed by atoms with Crippen molar-refractivity contribution in [3.63, 3.8) is 0 Å². The number of likely N-dealkylation sites (tertiary alicyclic amines) is 1. The van der Waals surface area contributed by atoms with Gasteiger partial charge in [-0.05, 0) is 69.4 Å². The Morgan fingerprint density at radius 1 is 1.11 bits per heavy atom. The van der Waals surface area contributed by atoms with E-state index < -0.39 is 0 Å². The topological polar surface area (TPSA) is 32.3 Å². The summed E-state index contributed by atoms with van der Waals surface area (Å²) in [5.41, 5.74) is 2.11. The van der Waals surface area contributed by atoms with Gasteiger partial charge in [0, 0.05) is 11.6 Å². The molecule has 0 aliphatic carbocycles. The van der Waals surface area contributed by atoms with Crippen molar-refractivity contribution in [3.05, 3.63) is 29.8 Å². The van der Waals surface area contributed by atoms with Crippen LogP contribution in [0, 0.1) is 18.8 Å². The van der Waals surface area contributed by atoms with Crippen LogP contribution >= 0.6 is 0 Å². The molecular formula is C25H42N2O. The van der Waals surface area contributed by atoms with Crippen LogP contribution in [0.3, 0.4) is 0 Å². The second-order valence-electron chi connectivity index (χ2n) is 8.74. The lowest BCUT2D eigenvalue weighted by Crippen LogP contribution is -2.39. The van der Waals surface area contributed by atoms with Crippen LogP contribution in [-0.4, -0.2) is 30.4 Å². The van der Waals surface area contributed by atoms with Gasteiger partial charge in [-0.15, -0.1) is 0 Å². The summed E-state index contributed by atoms with van der Waals surface area (Å²) >= 11 is 0. The van der Waals surface area contributed by atoms with Crippen molar-refractivity contribution in [2.24, 2.45) is 11.8 Å². The summed E-state index contributed by atoms with van der Waals surface area (Å²) < 4.78 is 0. The number of anilines is 1. The van der Waals surface area contributed by atoms with E-state index in [1.54, 1.807) is 0 Å². The lowest BCUT2D eigenvalue weighted by molar-refractivity contribution is -0.121. The molecule has 0 saturated carbocycles. The smallest absolute Gasteiger partial charge is 0.227 e. The number of nitrogens with zero attached hydrogens (tertiary/aromatic N) is 1. The molecule has 1 heterocycles. The number of rotatable bonds is 12. The number of carbonyl (C=O) groups is 1. The van der Waals surface area contributed by atoms with Crippen molar-refractivity contribution in [1.82, 2.24) is 4.90 Å². The predicted octanol–water partition coefficient (Wildman–Crippen LogP) is 6.42. The molecule has 1 aliphatic rings. The number of hydrogen-bond donors (Lipinski definition) is 1. The number of unbranched alkanes of at least 4 members (excludes halogenated alkanes) is 4. The van der Waals surface area contributed by atoms with Crippen molar-refractivity contribution < 1.29 is 4.79 Å². The van der Waals surface area contributed by atoms with Crippen LogP contribution in [0.4, 0.5) is 5.69 Å². The van der Waals surface area contributed by atoms with E-state index in [2.05, 4.69) is 37.1 Å². The highest BCUT2D eigenvalue weighted by Crippen LogP contribution is 2.23. The molecule has 0 radical (unpaired) electrons. The molecule has 1 atom stereocenters. The highest BCUT2D eigenvalue weighted by atomic mass is 16.1. The zero-order valence-electron chi connectivity index (χ0n) is 18.5. The van der Waals surface area contributed by atoms with Gasteiger partial charge in [-0.3, -0.25) is 4.79 Å². The van der Waals surface area contributed by atoms with Crippen LogP contribution in [0.15, 0.2) is 24.3 Å². The molecule has 158 valence electrons. The largest absolute Gasteiger partial charge is 0.326 e. The van der Waals surface area contributed by atoms with Gasteiger partial charge in [-0.25, -0.2) is 0 Å². The van der Waals surface area contributed by atoms with Gasteiger partial charge in [-0.2, -0.15) is 0 Å². The fraction of sp³-hybridized carbons (Fsp3) is 0.720. The molecule has 1 aromatic carbocycles. The quantitative estimate of drug-likeness (QED) is 0.420. The summed E-state index contributed by atoms with van der Waals surface area (Å²) in [6.45, 7) is 10.0. The molecular weight excluding hydrogens is 344 g/mol. The Morgan fingerprint density at radius 3 is 2.54 bits per heavy atom. The van der Waals surface area contributed by atoms with Gasteiger partial charge >= 0.3 is 0 Å². The van der Waals surface area contributed by atoms with Crippen LogP contribution in [0.5, 0.6) is 0 Å². The van der Waals surface area contributed by atoms with Crippen molar-refractivity contribution in [2.45, 2.75) is 85.0 Å². The van der Waals surface area contributed by atoms with Gasteiger partial charge in [0.05, 0.1) is 0 Å². The molecule has 0 bridgehead atoms. The molecule has 1 saturated heterocycles. The first-order valence-electron chi connectivity index (χ1n) is 11.7. The first-order valence-corrected chi connectivity index (χ1v) is 11.7. The highest BCUT2D eigenvalue weighted by Gasteiger charge is 2.25. The Hall–Kier alpha value is -1.35. The van der Waals surface area contributed by atoms with Gasteiger partial charge in [-0.1, -0.05) is 70.9 Å². The summed E-state index contributed by atoms with van der Waals surface area (Å²) in [7, 11) is 0. The average Bonchev–Trinajstić information content (AvgIpc) is 2.70. The molecule has 1 aliphatic heterocycles. The summed E-state index contributed by atoms with van der Waals surface area (Å²) in [6, 6.07) is 8.08. The van der Waals surface area contributed by atoms with E-state index in [1.807, 2.05) is 18.2 Å². The molecule has 3 heteroatoms. The number of amides is 1. The van der Waals surface area contributed by atoms with E-state index >= 15 is 0 Å². The van der Waals surface area contributed by atoms with Crippen molar-refractivity contribution in [3.8, 4) is 0 Å². The Balaban J connectivity index is 1.63. The van der Waals surface area contributed by atoms with E-state index in [4.69, 9.17) is 0 Å². The van der Waals surface area contributed by atoms with Crippen LogP contribution in [0.2, 0.25) is 0 Å². The third-order valence-corrected chi connectivity index (χ3v) is 6.39. The van der Waals surface area contributed by atoms with Crippen LogP contribution in [-0.2, 0) is 4.79 Å². The molecule has 28 heavy (non-hydrogen) atoms. The molecule has 1 amide bonds. The monoisotopic (exact) mass is 386 g/mol. The summed E-state index contributed by atoms with van der Waals surface area (Å²) in [4.78, 5) is 15.1. The summed E-state index contributed by atoms with van der Waals surface area (Å²) in [5, 5.41) is 3.11. The lowest BCUT2D eigenvalue weighted by Gasteiger charge is -2.32. The Labute approximate surface area is 173 Å². The lowest BCUT2D eigenvalue weighted by atomic mass is 9.92. The van der Waals surface area contributed by atoms with E-state index in [9.17, 15) is 4.79 Å². The molecule has 1 N–H and O–H groups in total. The van der Waals surface area contributed by atoms with Crippen molar-refractivity contribution >= 4 is 11.6 Å². The molecule has 0 spiro atoms.